The van der Waals surface area contributed by atoms with Gasteiger partial charge in [0.2, 0.25) is 0 Å². The molecule has 1 N–H and O–H groups in total. The number of benzene rings is 1. The maximum Gasteiger partial charge on any atom is 0.257 e. The van der Waals surface area contributed by atoms with Crippen LogP contribution < -0.4 is 5.32 Å². The molecule has 0 saturated carbocycles. The largest absolute Gasteiger partial charge is 0.319 e. The molecular formula is C12H9Cl2F2N3O. The molecule has 0 unspecified atom stereocenters. The van der Waals surface area contributed by atoms with Crippen LogP contribution in [0, 0.1) is 0 Å². The first-order valence-electron chi connectivity index (χ1n) is 5.53. The average molecular weight is 320 g/mol. The molecule has 2 rings (SSSR count). The highest BCUT2D eigenvalue weighted by molar-refractivity contribution is 6.44. The van der Waals surface area contributed by atoms with E-state index in [4.69, 9.17) is 23.2 Å². The number of carbonyl (C=O) groups excluding carboxylic acids is 1. The van der Waals surface area contributed by atoms with Crippen molar-refractivity contribution in [2.45, 2.75) is 13.0 Å². The van der Waals surface area contributed by atoms with E-state index >= 15 is 0 Å². The maximum atomic E-state index is 12.2. The lowest BCUT2D eigenvalue weighted by Crippen LogP contribution is -2.12. The van der Waals surface area contributed by atoms with E-state index in [1.54, 1.807) is 12.1 Å². The van der Waals surface area contributed by atoms with Crippen molar-refractivity contribution in [2.75, 3.05) is 5.32 Å². The molecule has 1 aromatic carbocycles. The molecule has 2 aromatic rings. The summed E-state index contributed by atoms with van der Waals surface area (Å²) < 4.78 is 25.4. The molecule has 1 heterocycles. The number of hydrogen-bond donors (Lipinski definition) is 1. The molecule has 0 saturated heterocycles. The van der Waals surface area contributed by atoms with Gasteiger partial charge in [-0.2, -0.15) is 5.10 Å². The first-order valence-corrected chi connectivity index (χ1v) is 6.29. The van der Waals surface area contributed by atoms with Gasteiger partial charge in [-0.1, -0.05) is 29.3 Å². The smallest absolute Gasteiger partial charge is 0.257 e. The molecule has 0 bridgehead atoms. The summed E-state index contributed by atoms with van der Waals surface area (Å²) in [5, 5.41) is 6.60. The average Bonchev–Trinajstić information content (AvgIpc) is 2.79. The van der Waals surface area contributed by atoms with Crippen molar-refractivity contribution >= 4 is 34.8 Å². The summed E-state index contributed by atoms with van der Waals surface area (Å²) >= 11 is 11.7. The summed E-state index contributed by atoms with van der Waals surface area (Å²) in [7, 11) is 0. The number of carbonyl (C=O) groups is 1. The summed E-state index contributed by atoms with van der Waals surface area (Å²) in [4.78, 5) is 12.0. The number of rotatable bonds is 4. The van der Waals surface area contributed by atoms with Gasteiger partial charge in [0, 0.05) is 6.20 Å². The Kier molecular flexibility index (Phi) is 4.57. The van der Waals surface area contributed by atoms with E-state index < -0.39 is 18.9 Å². The third kappa shape index (κ3) is 3.46. The first-order chi connectivity index (χ1) is 9.47. The predicted octanol–water partition coefficient (Wildman–Crippen LogP) is 3.71. The molecule has 0 aliphatic heterocycles. The van der Waals surface area contributed by atoms with Gasteiger partial charge in [0.05, 0.1) is 27.5 Å². The third-order valence-electron chi connectivity index (χ3n) is 2.41. The topological polar surface area (TPSA) is 46.9 Å². The van der Waals surface area contributed by atoms with Gasteiger partial charge in [-0.05, 0) is 12.1 Å². The number of aromatic nitrogens is 2. The van der Waals surface area contributed by atoms with Crippen molar-refractivity contribution in [3.05, 3.63) is 46.2 Å². The van der Waals surface area contributed by atoms with Gasteiger partial charge in [-0.25, -0.2) is 8.78 Å². The van der Waals surface area contributed by atoms with Crippen LogP contribution in [0.5, 0.6) is 0 Å². The van der Waals surface area contributed by atoms with Crippen LogP contribution in [0.4, 0.5) is 14.5 Å². The van der Waals surface area contributed by atoms with Crippen LogP contribution >= 0.6 is 23.2 Å². The van der Waals surface area contributed by atoms with Gasteiger partial charge in [-0.3, -0.25) is 9.48 Å². The van der Waals surface area contributed by atoms with Crippen LogP contribution in [0.15, 0.2) is 30.6 Å². The summed E-state index contributed by atoms with van der Waals surface area (Å²) in [6.45, 7) is -0.534. The number of nitrogens with zero attached hydrogens (tertiary/aromatic N) is 2. The Bertz CT molecular complexity index is 631. The molecule has 0 spiro atoms. The second kappa shape index (κ2) is 6.19. The fraction of sp³-hybridized carbons (Fsp3) is 0.167. The normalized spacial score (nSPS) is 10.8. The van der Waals surface area contributed by atoms with E-state index in [9.17, 15) is 13.6 Å². The zero-order valence-electron chi connectivity index (χ0n) is 9.99. The minimum atomic E-state index is -2.51. The Labute approximate surface area is 123 Å². The number of halogens is 4. The van der Waals surface area contributed by atoms with Crippen molar-refractivity contribution in [2.24, 2.45) is 0 Å². The molecule has 0 fully saturated rings. The quantitative estimate of drug-likeness (QED) is 0.933. The minimum Gasteiger partial charge on any atom is -0.319 e. The molecule has 8 heteroatoms. The lowest BCUT2D eigenvalue weighted by atomic mass is 10.2. The molecule has 0 atom stereocenters. The van der Waals surface area contributed by atoms with Crippen LogP contribution in [0.25, 0.3) is 0 Å². The van der Waals surface area contributed by atoms with E-state index in [1.165, 1.54) is 18.5 Å². The van der Waals surface area contributed by atoms with Crippen molar-refractivity contribution in [3.63, 3.8) is 0 Å². The van der Waals surface area contributed by atoms with Gasteiger partial charge < -0.3 is 5.32 Å². The molecule has 1 amide bonds. The number of hydrogen-bond acceptors (Lipinski definition) is 2. The SMILES string of the molecule is O=C(Nc1cnn(CC(F)F)c1)c1cccc(Cl)c1Cl. The lowest BCUT2D eigenvalue weighted by Gasteiger charge is -2.05. The van der Waals surface area contributed by atoms with Gasteiger partial charge in [0.1, 0.15) is 6.54 Å². The van der Waals surface area contributed by atoms with Crippen molar-refractivity contribution in [3.8, 4) is 0 Å². The van der Waals surface area contributed by atoms with Crippen LogP contribution in [-0.4, -0.2) is 22.1 Å². The zero-order chi connectivity index (χ0) is 14.7. The van der Waals surface area contributed by atoms with E-state index in [1.807, 2.05) is 0 Å². The molecule has 106 valence electrons. The predicted molar refractivity (Wildman–Crippen MR) is 72.6 cm³/mol. The number of amides is 1. The number of nitrogens with one attached hydrogen (secondary N) is 1. The molecule has 0 radical (unpaired) electrons. The fourth-order valence-corrected chi connectivity index (χ4v) is 1.93. The Hall–Kier alpha value is -1.66. The highest BCUT2D eigenvalue weighted by Crippen LogP contribution is 2.26. The zero-order valence-corrected chi connectivity index (χ0v) is 11.5. The Morgan fingerprint density at radius 1 is 1.40 bits per heavy atom. The van der Waals surface area contributed by atoms with Gasteiger partial charge in [0.25, 0.3) is 12.3 Å². The summed E-state index contributed by atoms with van der Waals surface area (Å²) in [6.07, 6.45) is 0.0714. The Balaban J connectivity index is 2.11. The Morgan fingerprint density at radius 2 is 2.15 bits per heavy atom. The monoisotopic (exact) mass is 319 g/mol. The highest BCUT2D eigenvalue weighted by Gasteiger charge is 2.14. The highest BCUT2D eigenvalue weighted by atomic mass is 35.5. The molecular weight excluding hydrogens is 311 g/mol. The molecule has 0 aliphatic carbocycles. The summed E-state index contributed by atoms with van der Waals surface area (Å²) in [5.74, 6) is -0.492. The molecule has 0 aliphatic rings. The maximum absolute atomic E-state index is 12.2. The van der Waals surface area contributed by atoms with E-state index in [-0.39, 0.29) is 15.6 Å². The van der Waals surface area contributed by atoms with Crippen LogP contribution in [0.1, 0.15) is 10.4 Å². The van der Waals surface area contributed by atoms with Crippen molar-refractivity contribution < 1.29 is 13.6 Å². The van der Waals surface area contributed by atoms with E-state index in [0.717, 1.165) is 4.68 Å². The molecule has 20 heavy (non-hydrogen) atoms. The lowest BCUT2D eigenvalue weighted by molar-refractivity contribution is 0.102. The molecule has 4 nitrogen and oxygen atoms in total. The van der Waals surface area contributed by atoms with Gasteiger partial charge in [-0.15, -0.1) is 0 Å². The molecule has 1 aromatic heterocycles. The fourth-order valence-electron chi connectivity index (χ4n) is 1.55. The Morgan fingerprint density at radius 3 is 2.85 bits per heavy atom. The van der Waals surface area contributed by atoms with Gasteiger partial charge >= 0.3 is 0 Å². The second-order valence-corrected chi connectivity index (χ2v) is 4.68. The van der Waals surface area contributed by atoms with E-state index in [2.05, 4.69) is 10.4 Å². The van der Waals surface area contributed by atoms with Crippen LogP contribution in [0.3, 0.4) is 0 Å². The van der Waals surface area contributed by atoms with Gasteiger partial charge in [0.15, 0.2) is 0 Å². The van der Waals surface area contributed by atoms with Crippen LogP contribution in [0.2, 0.25) is 10.0 Å². The summed E-state index contributed by atoms with van der Waals surface area (Å²) in [6, 6.07) is 4.65. The second-order valence-electron chi connectivity index (χ2n) is 3.90. The van der Waals surface area contributed by atoms with E-state index in [0.29, 0.717) is 5.69 Å². The van der Waals surface area contributed by atoms with Crippen molar-refractivity contribution in [1.29, 1.82) is 0 Å². The standard InChI is InChI=1S/C12H9Cl2F2N3O/c13-9-3-1-2-8(11(9)14)12(20)18-7-4-17-19(5-7)6-10(15)16/h1-5,10H,6H2,(H,18,20). The van der Waals surface area contributed by atoms with Crippen molar-refractivity contribution in [1.82, 2.24) is 9.78 Å². The summed E-state index contributed by atoms with van der Waals surface area (Å²) in [5.41, 5.74) is 0.493. The first kappa shape index (κ1) is 14.7. The third-order valence-corrected chi connectivity index (χ3v) is 3.23. The number of anilines is 1. The minimum absolute atomic E-state index is 0.131. The number of alkyl halides is 2. The van der Waals surface area contributed by atoms with Crippen LogP contribution in [-0.2, 0) is 6.54 Å².